The zero-order chi connectivity index (χ0) is 22.0. The number of nitrogens with one attached hydrogen (secondary N) is 1. The highest BCUT2D eigenvalue weighted by molar-refractivity contribution is 7.98. The van der Waals surface area contributed by atoms with Crippen LogP contribution in [0.25, 0.3) is 11.0 Å². The van der Waals surface area contributed by atoms with Crippen LogP contribution in [-0.4, -0.2) is 26.6 Å². The van der Waals surface area contributed by atoms with Crippen molar-refractivity contribution in [1.82, 2.24) is 14.9 Å². The van der Waals surface area contributed by atoms with E-state index in [9.17, 15) is 14.9 Å². The van der Waals surface area contributed by atoms with Gasteiger partial charge in [0.2, 0.25) is 0 Å². The average molecular weight is 433 g/mol. The summed E-state index contributed by atoms with van der Waals surface area (Å²) in [7, 11) is 1.89. The molecule has 0 spiro atoms. The molecular weight excluding hydrogens is 412 g/mol. The summed E-state index contributed by atoms with van der Waals surface area (Å²) >= 11 is 1.42. The van der Waals surface area contributed by atoms with E-state index < -0.39 is 16.9 Å². The normalized spacial score (nSPS) is 11.9. The fourth-order valence-corrected chi connectivity index (χ4v) is 4.00. The summed E-state index contributed by atoms with van der Waals surface area (Å²) < 4.78 is 1.93. The molecule has 0 bridgehead atoms. The van der Waals surface area contributed by atoms with Crippen molar-refractivity contribution in [1.29, 1.82) is 0 Å². The van der Waals surface area contributed by atoms with Crippen LogP contribution in [-0.2, 0) is 7.05 Å². The van der Waals surface area contributed by atoms with Gasteiger partial charge >= 0.3 is 0 Å². The first-order valence-electron chi connectivity index (χ1n) is 9.59. The van der Waals surface area contributed by atoms with Gasteiger partial charge in [0.1, 0.15) is 17.4 Å². The molecule has 4 aromatic rings. The molecule has 0 radical (unpaired) electrons. The molecule has 156 valence electrons. The maximum atomic E-state index is 13.3. The number of carbonyl (C=O) groups excluding carboxylic acids is 1. The van der Waals surface area contributed by atoms with Crippen LogP contribution < -0.4 is 5.32 Å². The highest BCUT2D eigenvalue weighted by atomic mass is 32.2. The predicted octanol–water partition coefficient (Wildman–Crippen LogP) is 4.72. The topological polar surface area (TPSA) is 90.1 Å². The Morgan fingerprint density at radius 3 is 2.48 bits per heavy atom. The minimum atomic E-state index is -0.580. The summed E-state index contributed by atoms with van der Waals surface area (Å²) in [4.78, 5) is 29.8. The number of thioether (sulfide) groups is 1. The van der Waals surface area contributed by atoms with Gasteiger partial charge in [0, 0.05) is 18.0 Å². The van der Waals surface area contributed by atoms with E-state index in [-0.39, 0.29) is 11.3 Å². The van der Waals surface area contributed by atoms with Gasteiger partial charge in [-0.3, -0.25) is 14.9 Å². The first-order valence-corrected chi connectivity index (χ1v) is 10.8. The highest BCUT2D eigenvalue weighted by Gasteiger charge is 2.27. The summed E-state index contributed by atoms with van der Waals surface area (Å²) in [5, 5.41) is 14.5. The van der Waals surface area contributed by atoms with E-state index >= 15 is 0 Å². The standard InChI is InChI=1S/C23H20N4O3S/c1-26-20-11-7-6-10-18(20)24-22(26)21(15-8-4-3-5-9-15)25-23(28)17-14-16(31-2)12-13-19(17)27(29)30/h3-14,21H,1-2H3,(H,25,28). The molecule has 1 unspecified atom stereocenters. The van der Waals surface area contributed by atoms with Crippen molar-refractivity contribution in [2.24, 2.45) is 7.05 Å². The monoisotopic (exact) mass is 432 g/mol. The van der Waals surface area contributed by atoms with Crippen molar-refractivity contribution in [3.63, 3.8) is 0 Å². The molecule has 0 aliphatic rings. The van der Waals surface area contributed by atoms with Gasteiger partial charge in [0.05, 0.1) is 16.0 Å². The summed E-state index contributed by atoms with van der Waals surface area (Å²) in [6, 6.07) is 21.2. The van der Waals surface area contributed by atoms with Gasteiger partial charge in [-0.1, -0.05) is 42.5 Å². The molecule has 1 heterocycles. The molecule has 0 aliphatic heterocycles. The van der Waals surface area contributed by atoms with Crippen LogP contribution in [0.3, 0.4) is 0 Å². The molecule has 1 amide bonds. The molecular formula is C23H20N4O3S. The number of rotatable bonds is 6. The number of amides is 1. The Bertz CT molecular complexity index is 1270. The third kappa shape index (κ3) is 4.02. The van der Waals surface area contributed by atoms with E-state index in [1.54, 1.807) is 12.1 Å². The Balaban J connectivity index is 1.80. The number of nitro groups is 1. The lowest BCUT2D eigenvalue weighted by Crippen LogP contribution is -2.31. The van der Waals surface area contributed by atoms with Crippen LogP contribution in [0.15, 0.2) is 77.7 Å². The predicted molar refractivity (Wildman–Crippen MR) is 121 cm³/mol. The van der Waals surface area contributed by atoms with Crippen molar-refractivity contribution >= 4 is 34.4 Å². The van der Waals surface area contributed by atoms with Gasteiger partial charge in [-0.2, -0.15) is 0 Å². The second-order valence-corrected chi connectivity index (χ2v) is 7.85. The molecule has 1 N–H and O–H groups in total. The SMILES string of the molecule is CSc1ccc([N+](=O)[O-])c(C(=O)NC(c2ccccc2)c2nc3ccccc3n2C)c1. The highest BCUT2D eigenvalue weighted by Crippen LogP contribution is 2.28. The molecule has 3 aromatic carbocycles. The van der Waals surface area contributed by atoms with Gasteiger partial charge in [-0.15, -0.1) is 11.8 Å². The van der Waals surface area contributed by atoms with E-state index in [4.69, 9.17) is 4.98 Å². The van der Waals surface area contributed by atoms with Gasteiger partial charge in [0.25, 0.3) is 11.6 Å². The number of hydrogen-bond acceptors (Lipinski definition) is 5. The fraction of sp³-hybridized carbons (Fsp3) is 0.130. The van der Waals surface area contributed by atoms with E-state index in [0.717, 1.165) is 21.5 Å². The lowest BCUT2D eigenvalue weighted by Gasteiger charge is -2.19. The third-order valence-corrected chi connectivity index (χ3v) is 5.86. The van der Waals surface area contributed by atoms with Crippen molar-refractivity contribution in [2.75, 3.05) is 6.26 Å². The second kappa shape index (κ2) is 8.61. The molecule has 0 saturated heterocycles. The Hall–Kier alpha value is -3.65. The molecule has 4 rings (SSSR count). The number of aromatic nitrogens is 2. The second-order valence-electron chi connectivity index (χ2n) is 6.98. The maximum Gasteiger partial charge on any atom is 0.282 e. The Kier molecular flexibility index (Phi) is 5.73. The molecule has 0 aliphatic carbocycles. The lowest BCUT2D eigenvalue weighted by atomic mass is 10.0. The van der Waals surface area contributed by atoms with E-state index in [2.05, 4.69) is 5.32 Å². The first-order chi connectivity index (χ1) is 15.0. The van der Waals surface area contributed by atoms with E-state index in [0.29, 0.717) is 5.82 Å². The Labute approximate surface area is 183 Å². The molecule has 0 fully saturated rings. The number of carbonyl (C=O) groups is 1. The van der Waals surface area contributed by atoms with Gasteiger partial charge in [-0.05, 0) is 36.1 Å². The van der Waals surface area contributed by atoms with Gasteiger partial charge < -0.3 is 9.88 Å². The van der Waals surface area contributed by atoms with Crippen LogP contribution in [0.1, 0.15) is 27.8 Å². The summed E-state index contributed by atoms with van der Waals surface area (Å²) in [6.07, 6.45) is 1.86. The van der Waals surface area contributed by atoms with E-state index in [1.165, 1.54) is 17.8 Å². The molecule has 1 atom stereocenters. The summed E-state index contributed by atoms with van der Waals surface area (Å²) in [5.74, 6) is 0.118. The van der Waals surface area contributed by atoms with E-state index in [1.807, 2.05) is 72.5 Å². The third-order valence-electron chi connectivity index (χ3n) is 5.13. The molecule has 8 heteroatoms. The number of aryl methyl sites for hydroxylation is 1. The number of nitro benzene ring substituents is 1. The van der Waals surface area contributed by atoms with Crippen LogP contribution in [0, 0.1) is 10.1 Å². The maximum absolute atomic E-state index is 13.3. The number of nitrogens with zero attached hydrogens (tertiary/aromatic N) is 3. The Morgan fingerprint density at radius 1 is 1.10 bits per heavy atom. The van der Waals surface area contributed by atoms with Crippen molar-refractivity contribution in [3.8, 4) is 0 Å². The molecule has 1 aromatic heterocycles. The zero-order valence-corrected chi connectivity index (χ0v) is 17.8. The quantitative estimate of drug-likeness (QED) is 0.270. The van der Waals surface area contributed by atoms with Crippen LogP contribution >= 0.6 is 11.8 Å². The largest absolute Gasteiger partial charge is 0.338 e. The number of benzene rings is 3. The first kappa shape index (κ1) is 20.6. The number of hydrogen-bond donors (Lipinski definition) is 1. The molecule has 7 nitrogen and oxygen atoms in total. The summed E-state index contributed by atoms with van der Waals surface area (Å²) in [5.41, 5.74) is 2.37. The van der Waals surface area contributed by atoms with Gasteiger partial charge in [0.15, 0.2) is 0 Å². The number of fused-ring (bicyclic) bond motifs is 1. The van der Waals surface area contributed by atoms with Crippen LogP contribution in [0.2, 0.25) is 0 Å². The average Bonchev–Trinajstić information content (AvgIpc) is 3.13. The minimum Gasteiger partial charge on any atom is -0.338 e. The Morgan fingerprint density at radius 2 is 1.81 bits per heavy atom. The zero-order valence-electron chi connectivity index (χ0n) is 17.0. The van der Waals surface area contributed by atoms with Crippen molar-refractivity contribution in [2.45, 2.75) is 10.9 Å². The van der Waals surface area contributed by atoms with Crippen LogP contribution in [0.5, 0.6) is 0 Å². The number of para-hydroxylation sites is 2. The lowest BCUT2D eigenvalue weighted by molar-refractivity contribution is -0.385. The van der Waals surface area contributed by atoms with Crippen molar-refractivity contribution < 1.29 is 9.72 Å². The molecule has 31 heavy (non-hydrogen) atoms. The van der Waals surface area contributed by atoms with Gasteiger partial charge in [-0.25, -0.2) is 4.98 Å². The molecule has 0 saturated carbocycles. The fourth-order valence-electron chi connectivity index (χ4n) is 3.56. The number of imidazole rings is 1. The minimum absolute atomic E-state index is 0.0246. The smallest absolute Gasteiger partial charge is 0.282 e. The van der Waals surface area contributed by atoms with Crippen LogP contribution in [0.4, 0.5) is 5.69 Å². The van der Waals surface area contributed by atoms with Crippen molar-refractivity contribution in [3.05, 3.63) is 99.9 Å². The summed E-state index contributed by atoms with van der Waals surface area (Å²) in [6.45, 7) is 0.